The first-order chi connectivity index (χ1) is 9.27. The Hall–Kier alpha value is -1.49. The normalized spacial score (nSPS) is 10.6. The van der Waals surface area contributed by atoms with Crippen molar-refractivity contribution < 1.29 is 0 Å². The third-order valence-corrected chi connectivity index (χ3v) is 4.05. The summed E-state index contributed by atoms with van der Waals surface area (Å²) in [7, 11) is 0. The molecule has 0 atom stereocenters. The van der Waals surface area contributed by atoms with Gasteiger partial charge < -0.3 is 0 Å². The van der Waals surface area contributed by atoms with Gasteiger partial charge in [0.05, 0.1) is 16.1 Å². The molecule has 0 bridgehead atoms. The van der Waals surface area contributed by atoms with E-state index in [2.05, 4.69) is 15.0 Å². The van der Waals surface area contributed by atoms with Gasteiger partial charge in [0.1, 0.15) is 10.3 Å². The van der Waals surface area contributed by atoms with E-state index in [0.717, 1.165) is 21.7 Å². The summed E-state index contributed by atoms with van der Waals surface area (Å²) in [5, 5.41) is 0.877. The van der Waals surface area contributed by atoms with Crippen LogP contribution in [0.5, 0.6) is 0 Å². The number of hydrogen-bond acceptors (Lipinski definition) is 4. The highest BCUT2D eigenvalue weighted by Crippen LogP contribution is 2.38. The number of nitrogens with zero attached hydrogens (tertiary/aromatic N) is 3. The zero-order valence-electron chi connectivity index (χ0n) is 9.55. The predicted molar refractivity (Wildman–Crippen MR) is 78.6 cm³/mol. The van der Waals surface area contributed by atoms with E-state index in [1.54, 1.807) is 17.9 Å². The summed E-state index contributed by atoms with van der Waals surface area (Å²) in [6, 6.07) is 7.47. The van der Waals surface area contributed by atoms with E-state index >= 15 is 0 Å². The Morgan fingerprint density at radius 1 is 0.842 bits per heavy atom. The van der Waals surface area contributed by atoms with Crippen molar-refractivity contribution in [3.05, 3.63) is 52.5 Å². The highest BCUT2D eigenvalue weighted by molar-refractivity contribution is 7.13. The number of rotatable bonds is 2. The lowest BCUT2D eigenvalue weighted by atomic mass is 10.1. The molecule has 0 N–H and O–H groups in total. The van der Waals surface area contributed by atoms with Crippen LogP contribution in [0.3, 0.4) is 0 Å². The average Bonchev–Trinajstić information content (AvgIpc) is 2.89. The minimum Gasteiger partial charge on any atom is -0.244 e. The molecule has 3 heterocycles. The molecule has 0 saturated carbocycles. The lowest BCUT2D eigenvalue weighted by Gasteiger charge is -2.05. The van der Waals surface area contributed by atoms with E-state index < -0.39 is 0 Å². The zero-order valence-corrected chi connectivity index (χ0v) is 11.9. The van der Waals surface area contributed by atoms with E-state index in [1.807, 2.05) is 24.3 Å². The van der Waals surface area contributed by atoms with Crippen molar-refractivity contribution >= 4 is 34.5 Å². The first kappa shape index (κ1) is 12.5. The fourth-order valence-electron chi connectivity index (χ4n) is 1.75. The Kier molecular flexibility index (Phi) is 3.46. The van der Waals surface area contributed by atoms with Gasteiger partial charge in [-0.15, -0.1) is 11.3 Å². The molecule has 3 rings (SSSR count). The maximum atomic E-state index is 6.13. The maximum Gasteiger partial charge on any atom is 0.138 e. The van der Waals surface area contributed by atoms with Crippen LogP contribution in [0.2, 0.25) is 10.3 Å². The summed E-state index contributed by atoms with van der Waals surface area (Å²) in [4.78, 5) is 13.5. The van der Waals surface area contributed by atoms with Crippen molar-refractivity contribution in [2.45, 2.75) is 0 Å². The third kappa shape index (κ3) is 2.34. The second-order valence-electron chi connectivity index (χ2n) is 3.71. The topological polar surface area (TPSA) is 38.7 Å². The van der Waals surface area contributed by atoms with Gasteiger partial charge in [0.15, 0.2) is 0 Å². The van der Waals surface area contributed by atoms with Crippen LogP contribution in [0.1, 0.15) is 0 Å². The van der Waals surface area contributed by atoms with Gasteiger partial charge in [0, 0.05) is 23.5 Å². The Bertz CT molecular complexity index is 667. The Morgan fingerprint density at radius 3 is 2.11 bits per heavy atom. The van der Waals surface area contributed by atoms with E-state index in [9.17, 15) is 0 Å². The summed E-state index contributed by atoms with van der Waals surface area (Å²) in [5.41, 5.74) is 4.18. The van der Waals surface area contributed by atoms with Gasteiger partial charge in [-0.25, -0.2) is 15.0 Å². The molecule has 0 aromatic carbocycles. The SMILES string of the molecule is Clc1ncccc1-c1ncsc1-c1cccnc1Cl. The zero-order chi connectivity index (χ0) is 13.2. The molecular weight excluding hydrogens is 301 g/mol. The molecule has 0 aliphatic heterocycles. The molecule has 0 spiro atoms. The summed E-state index contributed by atoms with van der Waals surface area (Å²) < 4.78 is 0. The molecule has 3 aromatic rings. The van der Waals surface area contributed by atoms with Crippen molar-refractivity contribution in [3.63, 3.8) is 0 Å². The molecule has 0 saturated heterocycles. The number of halogens is 2. The minimum atomic E-state index is 0.426. The van der Waals surface area contributed by atoms with Gasteiger partial charge in [-0.2, -0.15) is 0 Å². The molecule has 19 heavy (non-hydrogen) atoms. The van der Waals surface area contributed by atoms with Crippen LogP contribution in [0.4, 0.5) is 0 Å². The van der Waals surface area contributed by atoms with Gasteiger partial charge in [0.2, 0.25) is 0 Å². The molecule has 0 aliphatic carbocycles. The van der Waals surface area contributed by atoms with Crippen LogP contribution in [-0.2, 0) is 0 Å². The minimum absolute atomic E-state index is 0.426. The predicted octanol–water partition coefficient (Wildman–Crippen LogP) is 4.57. The van der Waals surface area contributed by atoms with Gasteiger partial charge in [-0.1, -0.05) is 23.2 Å². The fourth-order valence-corrected chi connectivity index (χ4v) is 3.06. The third-order valence-electron chi connectivity index (χ3n) is 2.59. The average molecular weight is 308 g/mol. The Labute approximate surface area is 123 Å². The molecule has 0 aliphatic rings. The summed E-state index contributed by atoms with van der Waals surface area (Å²) in [5.74, 6) is 0. The number of pyridine rings is 2. The van der Waals surface area contributed by atoms with Gasteiger partial charge in [-0.3, -0.25) is 0 Å². The van der Waals surface area contributed by atoms with Crippen molar-refractivity contribution in [2.75, 3.05) is 0 Å². The molecule has 6 heteroatoms. The smallest absolute Gasteiger partial charge is 0.138 e. The first-order valence-corrected chi connectivity index (χ1v) is 7.06. The van der Waals surface area contributed by atoms with Crippen molar-refractivity contribution in [2.24, 2.45) is 0 Å². The number of hydrogen-bond donors (Lipinski definition) is 0. The maximum absolute atomic E-state index is 6.13. The molecule has 0 fully saturated rings. The molecule has 3 aromatic heterocycles. The highest BCUT2D eigenvalue weighted by Gasteiger charge is 2.16. The second kappa shape index (κ2) is 5.25. The molecule has 0 unspecified atom stereocenters. The van der Waals surface area contributed by atoms with Crippen LogP contribution in [0.25, 0.3) is 21.7 Å². The molecular formula is C13H7Cl2N3S. The Morgan fingerprint density at radius 2 is 1.47 bits per heavy atom. The quantitative estimate of drug-likeness (QED) is 0.651. The van der Waals surface area contributed by atoms with Crippen molar-refractivity contribution in [1.82, 2.24) is 15.0 Å². The lowest BCUT2D eigenvalue weighted by Crippen LogP contribution is -1.87. The Balaban J connectivity index is 2.20. The van der Waals surface area contributed by atoms with Crippen molar-refractivity contribution in [3.8, 4) is 21.7 Å². The molecule has 0 amide bonds. The van der Waals surface area contributed by atoms with E-state index in [4.69, 9.17) is 23.2 Å². The molecule has 94 valence electrons. The number of thiazole rings is 1. The van der Waals surface area contributed by atoms with Crippen LogP contribution >= 0.6 is 34.5 Å². The summed E-state index contributed by atoms with van der Waals surface area (Å²) >= 11 is 13.8. The van der Waals surface area contributed by atoms with Gasteiger partial charge in [-0.05, 0) is 24.3 Å². The van der Waals surface area contributed by atoms with E-state index in [0.29, 0.717) is 10.3 Å². The summed E-state index contributed by atoms with van der Waals surface area (Å²) in [6.07, 6.45) is 3.30. The highest BCUT2D eigenvalue weighted by atomic mass is 35.5. The van der Waals surface area contributed by atoms with Crippen LogP contribution < -0.4 is 0 Å². The first-order valence-electron chi connectivity index (χ1n) is 5.42. The van der Waals surface area contributed by atoms with Crippen LogP contribution in [0.15, 0.2) is 42.2 Å². The number of aromatic nitrogens is 3. The summed E-state index contributed by atoms with van der Waals surface area (Å²) in [6.45, 7) is 0. The molecule has 0 radical (unpaired) electrons. The van der Waals surface area contributed by atoms with Crippen molar-refractivity contribution in [1.29, 1.82) is 0 Å². The van der Waals surface area contributed by atoms with Gasteiger partial charge in [0.25, 0.3) is 0 Å². The van der Waals surface area contributed by atoms with E-state index in [-0.39, 0.29) is 0 Å². The standard InChI is InChI=1S/C13H7Cl2N3S/c14-12-8(3-1-5-16-12)10-11(19-7-18-10)9-4-2-6-17-13(9)15/h1-7H. The van der Waals surface area contributed by atoms with Crippen LogP contribution in [0, 0.1) is 0 Å². The van der Waals surface area contributed by atoms with E-state index in [1.165, 1.54) is 11.3 Å². The second-order valence-corrected chi connectivity index (χ2v) is 5.28. The molecule has 3 nitrogen and oxygen atoms in total. The van der Waals surface area contributed by atoms with Gasteiger partial charge >= 0.3 is 0 Å². The monoisotopic (exact) mass is 307 g/mol. The van der Waals surface area contributed by atoms with Crippen LogP contribution in [-0.4, -0.2) is 15.0 Å². The largest absolute Gasteiger partial charge is 0.244 e. The lowest BCUT2D eigenvalue weighted by molar-refractivity contribution is 1.30. The fraction of sp³-hybridized carbons (Fsp3) is 0.